The fourth-order valence-corrected chi connectivity index (χ4v) is 2.24. The van der Waals surface area contributed by atoms with Crippen LogP contribution in [0.1, 0.15) is 13.8 Å². The van der Waals surface area contributed by atoms with Gasteiger partial charge in [0.2, 0.25) is 0 Å². The van der Waals surface area contributed by atoms with E-state index in [1.165, 1.54) is 4.90 Å². The highest BCUT2D eigenvalue weighted by Gasteiger charge is 2.17. The topological polar surface area (TPSA) is 75.7 Å². The lowest BCUT2D eigenvalue weighted by atomic mass is 10.3. The van der Waals surface area contributed by atoms with Crippen LogP contribution in [-0.2, 0) is 19.3 Å². The molecule has 106 valence electrons. The predicted octanol–water partition coefficient (Wildman–Crippen LogP) is 0.909. The van der Waals surface area contributed by atoms with Crippen LogP contribution in [-0.4, -0.2) is 34.0 Å². The number of nitrogens with zero attached hydrogens (tertiary/aromatic N) is 1. The predicted molar refractivity (Wildman–Crippen MR) is 73.0 cm³/mol. The highest BCUT2D eigenvalue weighted by Crippen LogP contribution is 2.11. The Labute approximate surface area is 113 Å². The molecule has 0 aromatic heterocycles. The number of nitrogens with one attached hydrogen (secondary N) is 1. The Morgan fingerprint density at radius 3 is 2.42 bits per heavy atom. The number of hydrogen-bond acceptors (Lipinski definition) is 4. The van der Waals surface area contributed by atoms with Crippen LogP contribution in [0.4, 0.5) is 5.69 Å². The van der Waals surface area contributed by atoms with Crippen LogP contribution in [0.2, 0.25) is 0 Å². The van der Waals surface area contributed by atoms with Crippen molar-refractivity contribution < 1.29 is 17.4 Å². The van der Waals surface area contributed by atoms with Crippen molar-refractivity contribution in [3.63, 3.8) is 0 Å². The summed E-state index contributed by atoms with van der Waals surface area (Å²) in [6.45, 7) is 2.80. The molecule has 0 heterocycles. The second kappa shape index (κ2) is 6.65. The average Bonchev–Trinajstić information content (AvgIpc) is 2.34. The molecule has 0 aliphatic carbocycles. The molecule has 1 rings (SSSR count). The number of para-hydroxylation sites is 1. The van der Waals surface area contributed by atoms with Gasteiger partial charge in [-0.25, -0.2) is 4.18 Å². The van der Waals surface area contributed by atoms with Crippen molar-refractivity contribution in [1.29, 1.82) is 0 Å². The molecule has 0 atom stereocenters. The van der Waals surface area contributed by atoms with Crippen LogP contribution in [0.3, 0.4) is 0 Å². The number of anilines is 1. The number of carbonyl (C=O) groups is 1. The van der Waals surface area contributed by atoms with E-state index in [1.54, 1.807) is 45.2 Å². The molecule has 1 aromatic rings. The first-order valence-electron chi connectivity index (χ1n) is 5.80. The molecule has 1 N–H and O–H groups in total. The zero-order chi connectivity index (χ0) is 14.5. The minimum Gasteiger partial charge on any atom is -0.313 e. The molecule has 0 spiro atoms. The molecule has 0 radical (unpaired) electrons. The van der Waals surface area contributed by atoms with Gasteiger partial charge in [0.15, 0.2) is 0 Å². The normalized spacial score (nSPS) is 11.6. The van der Waals surface area contributed by atoms with Gasteiger partial charge in [-0.1, -0.05) is 18.2 Å². The number of likely N-dealkylation sites (N-methyl/N-ethyl adjacent to an activating group) is 1. The lowest BCUT2D eigenvalue weighted by Crippen LogP contribution is -2.36. The monoisotopic (exact) mass is 286 g/mol. The van der Waals surface area contributed by atoms with Gasteiger partial charge in [0.25, 0.3) is 5.91 Å². The number of carbonyl (C=O) groups excluding carboxylic acids is 1. The molecule has 1 aromatic carbocycles. The van der Waals surface area contributed by atoms with E-state index in [1.807, 2.05) is 6.07 Å². The highest BCUT2D eigenvalue weighted by molar-refractivity contribution is 7.84. The third-order valence-electron chi connectivity index (χ3n) is 2.24. The summed E-state index contributed by atoms with van der Waals surface area (Å²) < 4.78 is 29.6. The van der Waals surface area contributed by atoms with Crippen molar-refractivity contribution >= 4 is 21.9 Å². The van der Waals surface area contributed by atoms with E-state index in [9.17, 15) is 13.2 Å². The van der Waals surface area contributed by atoms with Crippen LogP contribution in [0.25, 0.3) is 0 Å². The minimum absolute atomic E-state index is 0.285. The largest absolute Gasteiger partial charge is 0.336 e. The molecule has 0 fully saturated rings. The molecule has 0 aliphatic heterocycles. The van der Waals surface area contributed by atoms with Gasteiger partial charge < -0.3 is 4.90 Å². The first-order chi connectivity index (χ1) is 8.82. The summed E-state index contributed by atoms with van der Waals surface area (Å²) in [7, 11) is -2.33. The van der Waals surface area contributed by atoms with Crippen LogP contribution >= 0.6 is 0 Å². The zero-order valence-electron chi connectivity index (χ0n) is 11.2. The molecular formula is C12H18N2O4S. The second-order valence-electron chi connectivity index (χ2n) is 4.28. The summed E-state index contributed by atoms with van der Waals surface area (Å²) in [6.07, 6.45) is 0. The first-order valence-corrected chi connectivity index (χ1v) is 7.21. The van der Waals surface area contributed by atoms with Crippen molar-refractivity contribution in [2.45, 2.75) is 19.9 Å². The lowest BCUT2D eigenvalue weighted by molar-refractivity contribution is -0.120. The van der Waals surface area contributed by atoms with E-state index in [2.05, 4.69) is 8.91 Å². The minimum atomic E-state index is -3.89. The maximum atomic E-state index is 11.8. The summed E-state index contributed by atoms with van der Waals surface area (Å²) in [4.78, 5) is 13.1. The Balaban J connectivity index is 2.57. The smallest absolute Gasteiger partial charge is 0.313 e. The van der Waals surface area contributed by atoms with Crippen molar-refractivity contribution in [1.82, 2.24) is 4.72 Å². The Morgan fingerprint density at radius 2 is 1.89 bits per heavy atom. The van der Waals surface area contributed by atoms with Gasteiger partial charge in [-0.05, 0) is 26.0 Å². The van der Waals surface area contributed by atoms with Gasteiger partial charge in [-0.3, -0.25) is 4.79 Å². The van der Waals surface area contributed by atoms with E-state index in [4.69, 9.17) is 0 Å². The van der Waals surface area contributed by atoms with Crippen LogP contribution in [0.5, 0.6) is 0 Å². The third kappa shape index (κ3) is 5.37. The number of rotatable bonds is 6. The Hall–Kier alpha value is -1.44. The molecule has 6 nitrogen and oxygen atoms in total. The van der Waals surface area contributed by atoms with Gasteiger partial charge in [0.1, 0.15) is 6.61 Å². The summed E-state index contributed by atoms with van der Waals surface area (Å²) in [6, 6.07) is 8.62. The van der Waals surface area contributed by atoms with E-state index in [-0.39, 0.29) is 6.04 Å². The molecule has 0 aliphatic rings. The van der Waals surface area contributed by atoms with Crippen molar-refractivity contribution in [3.05, 3.63) is 30.3 Å². The van der Waals surface area contributed by atoms with E-state index in [0.29, 0.717) is 5.69 Å². The third-order valence-corrected chi connectivity index (χ3v) is 3.42. The first kappa shape index (κ1) is 15.6. The fourth-order valence-electron chi connectivity index (χ4n) is 1.34. The van der Waals surface area contributed by atoms with E-state index < -0.39 is 22.8 Å². The standard InChI is InChI=1S/C12H18N2O4S/c1-10(2)13-19(16,17)18-9-12(15)14(3)11-7-5-4-6-8-11/h4-8,10,13H,9H2,1-3H3. The Kier molecular flexibility index (Phi) is 5.46. The highest BCUT2D eigenvalue weighted by atomic mass is 32.2. The molecule has 19 heavy (non-hydrogen) atoms. The fraction of sp³-hybridized carbons (Fsp3) is 0.417. The summed E-state index contributed by atoms with van der Waals surface area (Å²) in [5.74, 6) is -0.444. The Bertz CT molecular complexity index is 514. The number of benzene rings is 1. The maximum Gasteiger partial charge on any atom is 0.336 e. The molecule has 1 amide bonds. The van der Waals surface area contributed by atoms with Gasteiger partial charge in [-0.2, -0.15) is 13.1 Å². The van der Waals surface area contributed by atoms with Crippen molar-refractivity contribution in [2.75, 3.05) is 18.6 Å². The van der Waals surface area contributed by atoms with Crippen LogP contribution < -0.4 is 9.62 Å². The molecule has 7 heteroatoms. The van der Waals surface area contributed by atoms with E-state index in [0.717, 1.165) is 0 Å². The second-order valence-corrected chi connectivity index (χ2v) is 5.66. The number of amides is 1. The zero-order valence-corrected chi connectivity index (χ0v) is 12.0. The quantitative estimate of drug-likeness (QED) is 0.843. The van der Waals surface area contributed by atoms with Gasteiger partial charge >= 0.3 is 10.3 Å². The van der Waals surface area contributed by atoms with Crippen LogP contribution in [0.15, 0.2) is 30.3 Å². The molecule has 0 saturated carbocycles. The molecule has 0 bridgehead atoms. The SMILES string of the molecule is CC(C)NS(=O)(=O)OCC(=O)N(C)c1ccccc1. The lowest BCUT2D eigenvalue weighted by Gasteiger charge is -2.17. The van der Waals surface area contributed by atoms with Crippen LogP contribution in [0, 0.1) is 0 Å². The molecule has 0 unspecified atom stereocenters. The van der Waals surface area contributed by atoms with Crippen molar-refractivity contribution in [3.8, 4) is 0 Å². The van der Waals surface area contributed by atoms with Gasteiger partial charge in [0, 0.05) is 18.8 Å². The van der Waals surface area contributed by atoms with E-state index >= 15 is 0 Å². The van der Waals surface area contributed by atoms with Gasteiger partial charge in [0.05, 0.1) is 0 Å². The summed E-state index contributed by atoms with van der Waals surface area (Å²) >= 11 is 0. The number of hydrogen-bond donors (Lipinski definition) is 1. The Morgan fingerprint density at radius 1 is 1.32 bits per heavy atom. The average molecular weight is 286 g/mol. The van der Waals surface area contributed by atoms with Crippen molar-refractivity contribution in [2.24, 2.45) is 0 Å². The molecule has 0 saturated heterocycles. The maximum absolute atomic E-state index is 11.8. The van der Waals surface area contributed by atoms with Gasteiger partial charge in [-0.15, -0.1) is 0 Å². The summed E-state index contributed by atoms with van der Waals surface area (Å²) in [5, 5.41) is 0. The molecular weight excluding hydrogens is 268 g/mol. The summed E-state index contributed by atoms with van der Waals surface area (Å²) in [5.41, 5.74) is 0.672.